The zero-order chi connectivity index (χ0) is 21.4. The molecule has 1 aliphatic heterocycles. The quantitative estimate of drug-likeness (QED) is 0.755. The minimum Gasteiger partial charge on any atom is -0.406 e. The summed E-state index contributed by atoms with van der Waals surface area (Å²) in [6.45, 7) is 6.11. The van der Waals surface area contributed by atoms with Crippen molar-refractivity contribution in [1.29, 1.82) is 0 Å². The Labute approximate surface area is 169 Å². The molecule has 156 valence electrons. The van der Waals surface area contributed by atoms with Crippen LogP contribution in [0.15, 0.2) is 40.3 Å². The van der Waals surface area contributed by atoms with E-state index in [4.69, 9.17) is 0 Å². The minimum absolute atomic E-state index is 0.194. The topological polar surface area (TPSA) is 73.2 Å². The van der Waals surface area contributed by atoms with E-state index in [0.29, 0.717) is 22.3 Å². The van der Waals surface area contributed by atoms with E-state index >= 15 is 0 Å². The number of anilines is 1. The fourth-order valence-corrected chi connectivity index (χ4v) is 3.83. The second-order valence-corrected chi connectivity index (χ2v) is 8.68. The zero-order valence-electron chi connectivity index (χ0n) is 16.0. The summed E-state index contributed by atoms with van der Waals surface area (Å²) in [6.07, 6.45) is -4.77. The molecule has 10 heteroatoms. The normalized spacial score (nSPS) is 16.8. The van der Waals surface area contributed by atoms with Crippen molar-refractivity contribution in [1.82, 2.24) is 9.55 Å². The first-order valence-electron chi connectivity index (χ1n) is 8.84. The number of amides is 1. The number of hydrogen-bond acceptors (Lipinski definition) is 5. The number of fused-ring (bicyclic) bond motifs is 1. The number of nitrogens with zero attached hydrogens (tertiary/aromatic N) is 2. The molecule has 1 aliphatic rings. The first-order chi connectivity index (χ1) is 13.4. The average molecular weight is 427 g/mol. The number of hydrogen-bond donors (Lipinski definition) is 1. The molecular weight excluding hydrogens is 407 g/mol. The number of thioether (sulfide) groups is 1. The molecule has 0 saturated carbocycles. The molecule has 6 nitrogen and oxygen atoms in total. The molecule has 3 rings (SSSR count). The molecule has 1 amide bonds. The van der Waals surface area contributed by atoms with Crippen molar-refractivity contribution in [2.24, 2.45) is 5.92 Å². The third-order valence-electron chi connectivity index (χ3n) is 4.28. The Morgan fingerprint density at radius 3 is 2.48 bits per heavy atom. The van der Waals surface area contributed by atoms with Crippen molar-refractivity contribution in [3.05, 3.63) is 46.4 Å². The van der Waals surface area contributed by atoms with Crippen molar-refractivity contribution in [3.63, 3.8) is 0 Å². The fraction of sp³-hybridized carbons (Fsp3) is 0.421. The number of benzene rings is 1. The van der Waals surface area contributed by atoms with Gasteiger partial charge in [-0.3, -0.25) is 14.2 Å². The first-order valence-corrected chi connectivity index (χ1v) is 9.83. The molecule has 2 heterocycles. The Morgan fingerprint density at radius 1 is 1.24 bits per heavy atom. The number of alkyl halides is 3. The molecule has 0 radical (unpaired) electrons. The van der Waals surface area contributed by atoms with Crippen LogP contribution >= 0.6 is 11.8 Å². The highest BCUT2D eigenvalue weighted by Crippen LogP contribution is 2.29. The van der Waals surface area contributed by atoms with Gasteiger partial charge < -0.3 is 10.1 Å². The standard InChI is InChI=1S/C19H20F3N3O3S/c1-18(2,3)14-8-15(26)25-9-11(10-29-17(25)24-14)16(27)23-12-4-6-13(7-5-12)28-19(20,21)22/h4-8,11H,9-10H2,1-3H3,(H,23,27). The van der Waals surface area contributed by atoms with E-state index in [-0.39, 0.29) is 29.2 Å². The Hall–Kier alpha value is -2.49. The van der Waals surface area contributed by atoms with Gasteiger partial charge >= 0.3 is 6.36 Å². The van der Waals surface area contributed by atoms with Crippen LogP contribution in [0.2, 0.25) is 0 Å². The van der Waals surface area contributed by atoms with Crippen LogP contribution in [0.4, 0.5) is 18.9 Å². The molecule has 1 aromatic heterocycles. The Balaban J connectivity index is 1.69. The van der Waals surface area contributed by atoms with E-state index in [9.17, 15) is 22.8 Å². The lowest BCUT2D eigenvalue weighted by Gasteiger charge is -2.26. The monoisotopic (exact) mass is 427 g/mol. The highest BCUT2D eigenvalue weighted by atomic mass is 32.2. The molecular formula is C19H20F3N3O3S. The SMILES string of the molecule is CC(C)(C)c1cc(=O)n2c(n1)SCC(C(=O)Nc1ccc(OC(F)(F)F)cc1)C2. The van der Waals surface area contributed by atoms with Crippen molar-refractivity contribution >= 4 is 23.4 Å². The van der Waals surface area contributed by atoms with E-state index in [1.807, 2.05) is 20.8 Å². The molecule has 1 aromatic carbocycles. The molecule has 2 aromatic rings. The average Bonchev–Trinajstić information content (AvgIpc) is 2.61. The van der Waals surface area contributed by atoms with Crippen LogP contribution in [-0.4, -0.2) is 27.6 Å². The van der Waals surface area contributed by atoms with Gasteiger partial charge in [0.2, 0.25) is 5.91 Å². The highest BCUT2D eigenvalue weighted by Gasteiger charge is 2.31. The Bertz CT molecular complexity index is 966. The van der Waals surface area contributed by atoms with Gasteiger partial charge in [0.25, 0.3) is 5.56 Å². The maximum atomic E-state index is 12.6. The van der Waals surface area contributed by atoms with Gasteiger partial charge in [-0.1, -0.05) is 32.5 Å². The van der Waals surface area contributed by atoms with Crippen LogP contribution in [0.25, 0.3) is 0 Å². The molecule has 0 saturated heterocycles. The van der Waals surface area contributed by atoms with Crippen molar-refractivity contribution in [2.45, 2.75) is 44.2 Å². The molecule has 0 spiro atoms. The third-order valence-corrected chi connectivity index (χ3v) is 5.42. The summed E-state index contributed by atoms with van der Waals surface area (Å²) in [7, 11) is 0. The number of halogens is 3. The summed E-state index contributed by atoms with van der Waals surface area (Å²) in [5.41, 5.74) is 0.573. The number of carbonyl (C=O) groups is 1. The van der Waals surface area contributed by atoms with Crippen molar-refractivity contribution < 1.29 is 22.7 Å². The number of aromatic nitrogens is 2. The lowest BCUT2D eigenvalue weighted by atomic mass is 9.92. The summed E-state index contributed by atoms with van der Waals surface area (Å²) in [5.74, 6) is -0.718. The number of rotatable bonds is 3. The Kier molecular flexibility index (Phi) is 5.66. The number of carbonyl (C=O) groups excluding carboxylic acids is 1. The van der Waals surface area contributed by atoms with Gasteiger partial charge in [0.1, 0.15) is 5.75 Å². The Morgan fingerprint density at radius 2 is 1.90 bits per heavy atom. The van der Waals surface area contributed by atoms with E-state index < -0.39 is 12.3 Å². The van der Waals surface area contributed by atoms with Gasteiger partial charge in [0.15, 0.2) is 5.16 Å². The van der Waals surface area contributed by atoms with Crippen LogP contribution < -0.4 is 15.6 Å². The van der Waals surface area contributed by atoms with Gasteiger partial charge in [-0.25, -0.2) is 4.98 Å². The maximum Gasteiger partial charge on any atom is 0.573 e. The molecule has 1 atom stereocenters. The second kappa shape index (κ2) is 7.74. The third kappa shape index (κ3) is 5.31. The van der Waals surface area contributed by atoms with E-state index in [2.05, 4.69) is 15.0 Å². The van der Waals surface area contributed by atoms with Crippen LogP contribution in [0.5, 0.6) is 5.75 Å². The molecule has 0 bridgehead atoms. The summed E-state index contributed by atoms with van der Waals surface area (Å²) in [6, 6.07) is 6.38. The summed E-state index contributed by atoms with van der Waals surface area (Å²) >= 11 is 1.33. The highest BCUT2D eigenvalue weighted by molar-refractivity contribution is 7.99. The molecule has 1 N–H and O–H groups in total. The van der Waals surface area contributed by atoms with E-state index in [1.165, 1.54) is 34.5 Å². The van der Waals surface area contributed by atoms with Gasteiger partial charge in [-0.15, -0.1) is 13.2 Å². The largest absolute Gasteiger partial charge is 0.573 e. The van der Waals surface area contributed by atoms with Crippen molar-refractivity contribution in [2.75, 3.05) is 11.1 Å². The van der Waals surface area contributed by atoms with Gasteiger partial charge in [-0.05, 0) is 24.3 Å². The lowest BCUT2D eigenvalue weighted by molar-refractivity contribution is -0.274. The summed E-state index contributed by atoms with van der Waals surface area (Å²) < 4.78 is 41.9. The molecule has 29 heavy (non-hydrogen) atoms. The van der Waals surface area contributed by atoms with E-state index in [0.717, 1.165) is 12.1 Å². The lowest BCUT2D eigenvalue weighted by Crippen LogP contribution is -2.37. The fourth-order valence-electron chi connectivity index (χ4n) is 2.74. The summed E-state index contributed by atoms with van der Waals surface area (Å²) in [4.78, 5) is 29.6. The minimum atomic E-state index is -4.77. The first kappa shape index (κ1) is 21.2. The van der Waals surface area contributed by atoms with Crippen LogP contribution in [0.3, 0.4) is 0 Å². The van der Waals surface area contributed by atoms with Crippen LogP contribution in [-0.2, 0) is 16.8 Å². The van der Waals surface area contributed by atoms with Crippen molar-refractivity contribution in [3.8, 4) is 5.75 Å². The number of nitrogens with one attached hydrogen (secondary N) is 1. The predicted molar refractivity (Wildman–Crippen MR) is 103 cm³/mol. The second-order valence-electron chi connectivity index (χ2n) is 7.69. The molecule has 1 unspecified atom stereocenters. The smallest absolute Gasteiger partial charge is 0.406 e. The van der Waals surface area contributed by atoms with Crippen LogP contribution in [0.1, 0.15) is 26.5 Å². The summed E-state index contributed by atoms with van der Waals surface area (Å²) in [5, 5.41) is 3.25. The van der Waals surface area contributed by atoms with E-state index in [1.54, 1.807) is 0 Å². The number of ether oxygens (including phenoxy) is 1. The predicted octanol–water partition coefficient (Wildman–Crippen LogP) is 3.80. The zero-order valence-corrected chi connectivity index (χ0v) is 16.9. The molecule has 0 aliphatic carbocycles. The maximum absolute atomic E-state index is 12.6. The van der Waals surface area contributed by atoms with Crippen LogP contribution in [0, 0.1) is 5.92 Å². The van der Waals surface area contributed by atoms with Gasteiger partial charge in [0.05, 0.1) is 11.6 Å². The van der Waals surface area contributed by atoms with Gasteiger partial charge in [-0.2, -0.15) is 0 Å². The van der Waals surface area contributed by atoms with Gasteiger partial charge in [0, 0.05) is 29.5 Å². The molecule has 0 fully saturated rings.